The minimum Gasteiger partial charge on any atom is -0.478 e. The lowest BCUT2D eigenvalue weighted by atomic mass is 9.84. The van der Waals surface area contributed by atoms with Crippen LogP contribution in [-0.2, 0) is 0 Å². The van der Waals surface area contributed by atoms with Crippen molar-refractivity contribution >= 4 is 17.3 Å². The van der Waals surface area contributed by atoms with E-state index in [0.29, 0.717) is 13.1 Å². The van der Waals surface area contributed by atoms with Crippen LogP contribution in [0.2, 0.25) is 0 Å². The summed E-state index contributed by atoms with van der Waals surface area (Å²) in [5.41, 5.74) is -0.919. The second kappa shape index (κ2) is 5.31. The lowest BCUT2D eigenvalue weighted by Crippen LogP contribution is -2.40. The van der Waals surface area contributed by atoms with Gasteiger partial charge >= 0.3 is 5.97 Å². The van der Waals surface area contributed by atoms with E-state index in [-0.39, 0.29) is 16.8 Å². The Bertz CT molecular complexity index is 601. The summed E-state index contributed by atoms with van der Waals surface area (Å²) in [6.07, 6.45) is 1.85. The molecule has 0 unspecified atom stereocenters. The van der Waals surface area contributed by atoms with Crippen LogP contribution in [0.3, 0.4) is 0 Å². The molecule has 0 atom stereocenters. The summed E-state index contributed by atoms with van der Waals surface area (Å²) in [6, 6.07) is 1.76. The summed E-state index contributed by atoms with van der Waals surface area (Å²) < 4.78 is 13.9. The first-order valence-electron chi connectivity index (χ1n) is 6.67. The van der Waals surface area contributed by atoms with Gasteiger partial charge in [0.15, 0.2) is 0 Å². The molecule has 0 aliphatic carbocycles. The van der Waals surface area contributed by atoms with Crippen LogP contribution in [0.1, 0.15) is 37.0 Å². The topological polar surface area (TPSA) is 83.7 Å². The van der Waals surface area contributed by atoms with E-state index in [1.807, 2.05) is 13.8 Å². The van der Waals surface area contributed by atoms with E-state index in [9.17, 15) is 19.3 Å². The zero-order chi connectivity index (χ0) is 15.8. The molecule has 1 heterocycles. The van der Waals surface area contributed by atoms with Gasteiger partial charge in [-0.05, 0) is 18.3 Å². The van der Waals surface area contributed by atoms with Gasteiger partial charge in [-0.1, -0.05) is 13.8 Å². The first kappa shape index (κ1) is 15.2. The molecule has 6 nitrogen and oxygen atoms in total. The van der Waals surface area contributed by atoms with Crippen molar-refractivity contribution in [3.63, 3.8) is 0 Å². The molecular weight excluding hydrogens is 279 g/mol. The molecule has 0 aromatic heterocycles. The quantitative estimate of drug-likeness (QED) is 0.684. The van der Waals surface area contributed by atoms with E-state index in [2.05, 4.69) is 0 Å². The van der Waals surface area contributed by atoms with E-state index in [0.717, 1.165) is 25.0 Å². The molecule has 1 N–H and O–H groups in total. The Labute approximate surface area is 121 Å². The van der Waals surface area contributed by atoms with Crippen molar-refractivity contribution in [3.05, 3.63) is 33.6 Å². The Kier molecular flexibility index (Phi) is 3.85. The molecule has 0 amide bonds. The number of carbonyl (C=O) groups is 1. The lowest BCUT2D eigenvalue weighted by Gasteiger charge is -2.39. The van der Waals surface area contributed by atoms with Crippen molar-refractivity contribution in [2.75, 3.05) is 18.0 Å². The maximum atomic E-state index is 13.9. The van der Waals surface area contributed by atoms with Crippen molar-refractivity contribution in [2.24, 2.45) is 5.41 Å². The Morgan fingerprint density at radius 2 is 2.14 bits per heavy atom. The highest BCUT2D eigenvalue weighted by molar-refractivity contribution is 5.90. The van der Waals surface area contributed by atoms with Gasteiger partial charge in [-0.15, -0.1) is 0 Å². The third-order valence-electron chi connectivity index (χ3n) is 3.73. The normalized spacial score (nSPS) is 17.6. The summed E-state index contributed by atoms with van der Waals surface area (Å²) in [6.45, 7) is 5.26. The van der Waals surface area contributed by atoms with Crippen LogP contribution in [0.5, 0.6) is 0 Å². The van der Waals surface area contributed by atoms with Gasteiger partial charge in [0.1, 0.15) is 17.1 Å². The largest absolute Gasteiger partial charge is 0.478 e. The van der Waals surface area contributed by atoms with Gasteiger partial charge in [0.2, 0.25) is 0 Å². The number of hydrogen-bond donors (Lipinski definition) is 1. The first-order chi connectivity index (χ1) is 9.71. The molecular formula is C14H17FN2O4. The molecule has 114 valence electrons. The van der Waals surface area contributed by atoms with E-state index in [4.69, 9.17) is 5.11 Å². The number of anilines is 1. The maximum Gasteiger partial charge on any atom is 0.338 e. The van der Waals surface area contributed by atoms with Crippen LogP contribution in [0.4, 0.5) is 15.8 Å². The number of rotatable bonds is 3. The average Bonchev–Trinajstić information content (AvgIpc) is 2.36. The Hall–Kier alpha value is -2.18. The standard InChI is InChI=1S/C14H17FN2O4/c1-14(2)4-3-5-16(8-14)11-7-10(15)9(13(18)19)6-12(11)17(20)21/h6-7H,3-5,8H2,1-2H3,(H,18,19). The summed E-state index contributed by atoms with van der Waals surface area (Å²) in [7, 11) is 0. The van der Waals surface area contributed by atoms with Crippen LogP contribution in [-0.4, -0.2) is 29.1 Å². The van der Waals surface area contributed by atoms with Crippen LogP contribution >= 0.6 is 0 Å². The van der Waals surface area contributed by atoms with Crippen molar-refractivity contribution in [3.8, 4) is 0 Å². The number of piperidine rings is 1. The third-order valence-corrected chi connectivity index (χ3v) is 3.73. The molecule has 0 bridgehead atoms. The predicted molar refractivity (Wildman–Crippen MR) is 75.2 cm³/mol. The third kappa shape index (κ3) is 3.12. The van der Waals surface area contributed by atoms with Gasteiger partial charge in [-0.25, -0.2) is 9.18 Å². The molecule has 0 saturated carbocycles. The van der Waals surface area contributed by atoms with Crippen LogP contribution in [0, 0.1) is 21.3 Å². The van der Waals surface area contributed by atoms with E-state index in [1.54, 1.807) is 4.90 Å². The highest BCUT2D eigenvalue weighted by Gasteiger charge is 2.31. The van der Waals surface area contributed by atoms with Gasteiger partial charge in [0.25, 0.3) is 5.69 Å². The summed E-state index contributed by atoms with van der Waals surface area (Å²) in [5, 5.41) is 20.1. The number of aromatic carboxylic acids is 1. The molecule has 1 aliphatic heterocycles. The van der Waals surface area contributed by atoms with Gasteiger partial charge < -0.3 is 10.0 Å². The Morgan fingerprint density at radius 1 is 1.48 bits per heavy atom. The number of nitro benzene ring substituents is 1. The maximum absolute atomic E-state index is 13.9. The number of nitrogens with zero attached hydrogens (tertiary/aromatic N) is 2. The van der Waals surface area contributed by atoms with Gasteiger partial charge in [0, 0.05) is 25.2 Å². The van der Waals surface area contributed by atoms with Crippen LogP contribution < -0.4 is 4.90 Å². The van der Waals surface area contributed by atoms with Crippen LogP contribution in [0.15, 0.2) is 12.1 Å². The smallest absolute Gasteiger partial charge is 0.338 e. The Balaban J connectivity index is 2.50. The minimum atomic E-state index is -1.51. The molecule has 1 saturated heterocycles. The zero-order valence-electron chi connectivity index (χ0n) is 11.9. The molecule has 1 aromatic rings. The molecule has 0 radical (unpaired) electrons. The van der Waals surface area contributed by atoms with E-state index < -0.39 is 22.3 Å². The fourth-order valence-electron chi connectivity index (χ4n) is 2.74. The average molecular weight is 296 g/mol. The monoisotopic (exact) mass is 296 g/mol. The van der Waals surface area contributed by atoms with Crippen molar-refractivity contribution in [1.82, 2.24) is 0 Å². The first-order valence-corrected chi connectivity index (χ1v) is 6.67. The van der Waals surface area contributed by atoms with Crippen molar-refractivity contribution in [1.29, 1.82) is 0 Å². The van der Waals surface area contributed by atoms with Gasteiger partial charge in [-0.2, -0.15) is 0 Å². The second-order valence-corrected chi connectivity index (χ2v) is 6.07. The Morgan fingerprint density at radius 3 is 2.67 bits per heavy atom. The summed E-state index contributed by atoms with van der Waals surface area (Å²) >= 11 is 0. The SMILES string of the molecule is CC1(C)CCCN(c2cc(F)c(C(=O)O)cc2[N+](=O)[O-])C1. The molecule has 1 fully saturated rings. The molecule has 0 spiro atoms. The number of hydrogen-bond acceptors (Lipinski definition) is 4. The van der Waals surface area contributed by atoms with Gasteiger partial charge in [0.05, 0.1) is 4.92 Å². The molecule has 2 rings (SSSR count). The van der Waals surface area contributed by atoms with Crippen molar-refractivity contribution in [2.45, 2.75) is 26.7 Å². The fraction of sp³-hybridized carbons (Fsp3) is 0.500. The highest BCUT2D eigenvalue weighted by atomic mass is 19.1. The van der Waals surface area contributed by atoms with E-state index >= 15 is 0 Å². The number of carboxylic acid groups (broad SMARTS) is 1. The summed E-state index contributed by atoms with van der Waals surface area (Å²) in [5.74, 6) is -2.47. The molecule has 7 heteroatoms. The van der Waals surface area contributed by atoms with Gasteiger partial charge in [-0.3, -0.25) is 10.1 Å². The summed E-state index contributed by atoms with van der Waals surface area (Å²) in [4.78, 5) is 23.2. The highest BCUT2D eigenvalue weighted by Crippen LogP contribution is 2.37. The fourth-order valence-corrected chi connectivity index (χ4v) is 2.74. The van der Waals surface area contributed by atoms with Crippen molar-refractivity contribution < 1.29 is 19.2 Å². The zero-order valence-corrected chi connectivity index (χ0v) is 11.9. The molecule has 1 aliphatic rings. The number of halogens is 1. The molecule has 21 heavy (non-hydrogen) atoms. The molecule has 1 aromatic carbocycles. The number of carboxylic acids is 1. The van der Waals surface area contributed by atoms with Crippen LogP contribution in [0.25, 0.3) is 0 Å². The number of nitro groups is 1. The second-order valence-electron chi connectivity index (χ2n) is 6.07. The number of benzene rings is 1. The van der Waals surface area contributed by atoms with E-state index in [1.165, 1.54) is 0 Å². The predicted octanol–water partition coefficient (Wildman–Crippen LogP) is 3.06. The minimum absolute atomic E-state index is 0.0198. The lowest BCUT2D eigenvalue weighted by molar-refractivity contribution is -0.384.